The van der Waals surface area contributed by atoms with E-state index < -0.39 is 15.6 Å². The molecular formula is C18H26N2O4S. The van der Waals surface area contributed by atoms with Crippen molar-refractivity contribution in [3.05, 3.63) is 23.8 Å². The highest BCUT2D eigenvalue weighted by Gasteiger charge is 2.35. The van der Waals surface area contributed by atoms with Gasteiger partial charge in [-0.1, -0.05) is 12.1 Å². The van der Waals surface area contributed by atoms with E-state index in [0.29, 0.717) is 25.1 Å². The predicted molar refractivity (Wildman–Crippen MR) is 95.1 cm³/mol. The van der Waals surface area contributed by atoms with Gasteiger partial charge in [0, 0.05) is 32.0 Å². The second-order valence-corrected chi connectivity index (χ2v) is 9.26. The summed E-state index contributed by atoms with van der Waals surface area (Å²) >= 11 is 0. The van der Waals surface area contributed by atoms with Gasteiger partial charge in [0.05, 0.1) is 0 Å². The van der Waals surface area contributed by atoms with Crippen LogP contribution in [-0.4, -0.2) is 44.0 Å². The highest BCUT2D eigenvalue weighted by Crippen LogP contribution is 2.39. The lowest BCUT2D eigenvalue weighted by Gasteiger charge is -2.32. The number of hydrogen-bond donors (Lipinski definition) is 1. The molecule has 0 unspecified atom stereocenters. The maximum Gasteiger partial charge on any atom is 0.244 e. The van der Waals surface area contributed by atoms with Gasteiger partial charge >= 0.3 is 0 Å². The highest BCUT2D eigenvalue weighted by atomic mass is 32.2. The molecule has 0 saturated carbocycles. The van der Waals surface area contributed by atoms with Crippen LogP contribution in [0.5, 0.6) is 5.75 Å². The Morgan fingerprint density at radius 3 is 2.80 bits per heavy atom. The van der Waals surface area contributed by atoms with E-state index in [2.05, 4.69) is 4.72 Å². The van der Waals surface area contributed by atoms with E-state index in [1.54, 1.807) is 17.0 Å². The average Bonchev–Trinajstić information content (AvgIpc) is 2.86. The first-order chi connectivity index (χ1) is 11.7. The predicted octanol–water partition coefficient (Wildman–Crippen LogP) is 2.08. The number of carbonyl (C=O) groups is 1. The SMILES string of the molecule is C[C@@H](CNS(=O)(=O)c1cccc2c1OC(C)(C)C2)N1CCCCC1=O. The molecule has 2 heterocycles. The molecule has 1 N–H and O–H groups in total. The van der Waals surface area contributed by atoms with E-state index in [9.17, 15) is 13.2 Å². The second kappa shape index (κ2) is 6.61. The number of benzene rings is 1. The van der Waals surface area contributed by atoms with Crippen molar-refractivity contribution in [1.29, 1.82) is 0 Å². The molecule has 1 atom stereocenters. The number of sulfonamides is 1. The molecule has 0 bridgehead atoms. The first-order valence-corrected chi connectivity index (χ1v) is 10.3. The fourth-order valence-electron chi connectivity index (χ4n) is 3.51. The topological polar surface area (TPSA) is 75.7 Å². The third-order valence-electron chi connectivity index (χ3n) is 4.81. The van der Waals surface area contributed by atoms with E-state index in [1.807, 2.05) is 26.8 Å². The number of piperidine rings is 1. The number of nitrogens with zero attached hydrogens (tertiary/aromatic N) is 1. The zero-order valence-electron chi connectivity index (χ0n) is 15.0. The van der Waals surface area contributed by atoms with E-state index in [0.717, 1.165) is 18.4 Å². The van der Waals surface area contributed by atoms with Gasteiger partial charge in [-0.3, -0.25) is 4.79 Å². The maximum absolute atomic E-state index is 12.8. The number of carbonyl (C=O) groups excluding carboxylic acids is 1. The van der Waals surface area contributed by atoms with Gasteiger partial charge in [-0.15, -0.1) is 0 Å². The fourth-order valence-corrected chi connectivity index (χ4v) is 4.80. The number of rotatable bonds is 5. The summed E-state index contributed by atoms with van der Waals surface area (Å²) in [4.78, 5) is 13.9. The van der Waals surface area contributed by atoms with E-state index in [1.165, 1.54) is 0 Å². The summed E-state index contributed by atoms with van der Waals surface area (Å²) in [6.45, 7) is 6.66. The molecule has 0 aromatic heterocycles. The largest absolute Gasteiger partial charge is 0.486 e. The Kier molecular flexibility index (Phi) is 4.81. The molecule has 138 valence electrons. The van der Waals surface area contributed by atoms with Crippen molar-refractivity contribution in [2.24, 2.45) is 0 Å². The molecule has 1 aromatic carbocycles. The number of nitrogens with one attached hydrogen (secondary N) is 1. The van der Waals surface area contributed by atoms with Crippen LogP contribution in [0.2, 0.25) is 0 Å². The number of amides is 1. The zero-order chi connectivity index (χ0) is 18.2. The van der Waals surface area contributed by atoms with Crippen molar-refractivity contribution in [3.63, 3.8) is 0 Å². The minimum atomic E-state index is -3.70. The number of ether oxygens (including phenoxy) is 1. The molecule has 0 spiro atoms. The van der Waals surface area contributed by atoms with E-state index >= 15 is 0 Å². The van der Waals surface area contributed by atoms with Crippen LogP contribution in [0.25, 0.3) is 0 Å². The summed E-state index contributed by atoms with van der Waals surface area (Å²) < 4.78 is 34.1. The minimum Gasteiger partial charge on any atom is -0.486 e. The first kappa shape index (κ1) is 18.2. The number of likely N-dealkylation sites (tertiary alicyclic amines) is 1. The van der Waals surface area contributed by atoms with Crippen LogP contribution >= 0.6 is 0 Å². The molecule has 0 radical (unpaired) electrons. The van der Waals surface area contributed by atoms with Gasteiger partial charge in [-0.25, -0.2) is 13.1 Å². The number of hydrogen-bond acceptors (Lipinski definition) is 4. The van der Waals surface area contributed by atoms with Crippen molar-refractivity contribution in [3.8, 4) is 5.75 Å². The maximum atomic E-state index is 12.8. The van der Waals surface area contributed by atoms with Crippen molar-refractivity contribution in [2.45, 2.75) is 63.0 Å². The van der Waals surface area contributed by atoms with Crippen LogP contribution in [0.1, 0.15) is 45.6 Å². The Morgan fingerprint density at radius 1 is 1.32 bits per heavy atom. The van der Waals surface area contributed by atoms with Gasteiger partial charge in [0.25, 0.3) is 0 Å². The Bertz CT molecular complexity index is 773. The highest BCUT2D eigenvalue weighted by molar-refractivity contribution is 7.89. The van der Waals surface area contributed by atoms with Gasteiger partial charge in [-0.05, 0) is 45.2 Å². The molecule has 1 aromatic rings. The van der Waals surface area contributed by atoms with E-state index in [-0.39, 0.29) is 23.4 Å². The van der Waals surface area contributed by atoms with Crippen molar-refractivity contribution >= 4 is 15.9 Å². The lowest BCUT2D eigenvalue weighted by atomic mass is 10.0. The summed E-state index contributed by atoms with van der Waals surface area (Å²) in [6, 6.07) is 5.05. The van der Waals surface area contributed by atoms with E-state index in [4.69, 9.17) is 4.74 Å². The van der Waals surface area contributed by atoms with Crippen LogP contribution in [-0.2, 0) is 21.2 Å². The Balaban J connectivity index is 1.73. The minimum absolute atomic E-state index is 0.101. The molecule has 6 nitrogen and oxygen atoms in total. The molecule has 2 aliphatic heterocycles. The molecule has 25 heavy (non-hydrogen) atoms. The lowest BCUT2D eigenvalue weighted by molar-refractivity contribution is -0.135. The summed E-state index contributed by atoms with van der Waals surface area (Å²) in [6.07, 6.45) is 3.12. The zero-order valence-corrected chi connectivity index (χ0v) is 15.9. The average molecular weight is 366 g/mol. The van der Waals surface area contributed by atoms with Crippen LogP contribution < -0.4 is 9.46 Å². The standard InChI is InChI=1S/C18H26N2O4S/c1-13(20-10-5-4-9-16(20)21)12-19-25(22,23)15-8-6-7-14-11-18(2,3)24-17(14)15/h6-8,13,19H,4-5,9-12H2,1-3H3/t13-/m0/s1. The Labute approximate surface area is 149 Å². The third kappa shape index (κ3) is 3.82. The van der Waals surface area contributed by atoms with Crippen molar-refractivity contribution in [2.75, 3.05) is 13.1 Å². The molecule has 1 saturated heterocycles. The first-order valence-electron chi connectivity index (χ1n) is 8.80. The molecule has 3 rings (SSSR count). The number of para-hydroxylation sites is 1. The summed E-state index contributed by atoms with van der Waals surface area (Å²) in [5, 5.41) is 0. The molecule has 1 fully saturated rings. The lowest BCUT2D eigenvalue weighted by Crippen LogP contribution is -2.47. The van der Waals surface area contributed by atoms with Crippen LogP contribution in [0, 0.1) is 0 Å². The normalized spacial score (nSPS) is 20.9. The Morgan fingerprint density at radius 2 is 2.08 bits per heavy atom. The van der Waals surface area contributed by atoms with Crippen molar-refractivity contribution in [1.82, 2.24) is 9.62 Å². The summed E-state index contributed by atoms with van der Waals surface area (Å²) in [5.74, 6) is 0.547. The quantitative estimate of drug-likeness (QED) is 0.866. The summed E-state index contributed by atoms with van der Waals surface area (Å²) in [7, 11) is -3.70. The van der Waals surface area contributed by atoms with Gasteiger partial charge in [0.1, 0.15) is 16.2 Å². The molecule has 2 aliphatic rings. The molecule has 1 amide bonds. The van der Waals surface area contributed by atoms with Gasteiger partial charge in [0.15, 0.2) is 0 Å². The van der Waals surface area contributed by atoms with Crippen LogP contribution in [0.3, 0.4) is 0 Å². The molecular weight excluding hydrogens is 340 g/mol. The van der Waals surface area contributed by atoms with Crippen molar-refractivity contribution < 1.29 is 17.9 Å². The second-order valence-electron chi connectivity index (χ2n) is 7.53. The molecule has 0 aliphatic carbocycles. The monoisotopic (exact) mass is 366 g/mol. The van der Waals surface area contributed by atoms with Gasteiger partial charge in [-0.2, -0.15) is 0 Å². The smallest absolute Gasteiger partial charge is 0.244 e. The molecule has 7 heteroatoms. The van der Waals surface area contributed by atoms with Gasteiger partial charge < -0.3 is 9.64 Å². The van der Waals surface area contributed by atoms with Crippen LogP contribution in [0.4, 0.5) is 0 Å². The van der Waals surface area contributed by atoms with Crippen LogP contribution in [0.15, 0.2) is 23.1 Å². The Hall–Kier alpha value is -1.60. The summed E-state index contributed by atoms with van der Waals surface area (Å²) in [5.41, 5.74) is 0.508. The number of fused-ring (bicyclic) bond motifs is 1. The third-order valence-corrected chi connectivity index (χ3v) is 6.25. The fraction of sp³-hybridized carbons (Fsp3) is 0.611. The van der Waals surface area contributed by atoms with Gasteiger partial charge in [0.2, 0.25) is 15.9 Å².